The Balaban J connectivity index is 1.16. The lowest BCUT2D eigenvalue weighted by Gasteiger charge is -2.17. The summed E-state index contributed by atoms with van der Waals surface area (Å²) in [7, 11) is 0. The van der Waals surface area contributed by atoms with Crippen LogP contribution in [-0.2, 0) is 0 Å². The van der Waals surface area contributed by atoms with Crippen molar-refractivity contribution in [2.24, 2.45) is 0 Å². The average molecular weight is 851 g/mol. The molecule has 0 saturated heterocycles. The summed E-state index contributed by atoms with van der Waals surface area (Å²) >= 11 is 3.72. The predicted molar refractivity (Wildman–Crippen MR) is 273 cm³/mol. The van der Waals surface area contributed by atoms with Crippen LogP contribution in [-0.4, -0.2) is 19.1 Å². The van der Waals surface area contributed by atoms with Crippen molar-refractivity contribution >= 4 is 107 Å². The van der Waals surface area contributed by atoms with Gasteiger partial charge in [0, 0.05) is 90.0 Å². The fraction of sp³-hybridized carbons (Fsp3) is 0. The van der Waals surface area contributed by atoms with E-state index in [4.69, 9.17) is 9.97 Å². The number of thiophene rings is 2. The van der Waals surface area contributed by atoms with Gasteiger partial charge in [-0.25, -0.2) is 9.97 Å². The van der Waals surface area contributed by atoms with Gasteiger partial charge in [0.25, 0.3) is 0 Å². The van der Waals surface area contributed by atoms with E-state index in [0.717, 1.165) is 50.5 Å². The molecule has 5 aromatic heterocycles. The van der Waals surface area contributed by atoms with E-state index in [1.165, 1.54) is 72.9 Å². The smallest absolute Gasteiger partial charge is 0.160 e. The summed E-state index contributed by atoms with van der Waals surface area (Å²) in [5.41, 5.74) is 11.6. The quantitative estimate of drug-likeness (QED) is 0.173. The van der Waals surface area contributed by atoms with Crippen LogP contribution in [0.4, 0.5) is 0 Å². The fourth-order valence-electron chi connectivity index (χ4n) is 10.1. The highest BCUT2D eigenvalue weighted by molar-refractivity contribution is 7.26. The molecule has 0 aliphatic heterocycles. The third-order valence-electron chi connectivity index (χ3n) is 12.9. The van der Waals surface area contributed by atoms with Crippen molar-refractivity contribution in [3.8, 4) is 45.3 Å². The standard InChI is InChI=1S/C58H34N4S2/c1-3-15-35(16-4-1)46-34-47(36-17-5-2-6-18-36)60-58(59-46)37-31-38(61-48-23-11-7-19-40(48)42-27-29-52-54(56(42)61)44-21-9-13-25-50(44)63-52)33-39(32-37)62-49-24-12-8-20-41(49)43-28-30-53-55(57(43)62)45-22-10-14-26-51(45)64-53/h1-34H. The maximum absolute atomic E-state index is 5.43. The Bertz CT molecular complexity index is 3930. The highest BCUT2D eigenvalue weighted by atomic mass is 32.1. The molecule has 298 valence electrons. The zero-order valence-corrected chi connectivity index (χ0v) is 35.9. The first-order valence-corrected chi connectivity index (χ1v) is 23.2. The van der Waals surface area contributed by atoms with Crippen molar-refractivity contribution in [1.29, 1.82) is 0 Å². The molecule has 14 aromatic rings. The lowest BCUT2D eigenvalue weighted by atomic mass is 10.1. The molecule has 0 radical (unpaired) electrons. The Kier molecular flexibility index (Phi) is 7.69. The SMILES string of the molecule is c1ccc(-c2cc(-c3ccccc3)nc(-c3cc(-n4c5ccccc5c5ccc6sc7ccccc7c6c54)cc(-n4c5ccccc5c5ccc6sc7ccccc7c6c54)c3)n2)cc1. The molecule has 4 nitrogen and oxygen atoms in total. The predicted octanol–water partition coefficient (Wildman–Crippen LogP) is 16.4. The van der Waals surface area contributed by atoms with Crippen molar-refractivity contribution in [2.75, 3.05) is 0 Å². The summed E-state index contributed by atoms with van der Waals surface area (Å²) < 4.78 is 10.1. The minimum absolute atomic E-state index is 0.669. The number of hydrogen-bond donors (Lipinski definition) is 0. The van der Waals surface area contributed by atoms with Gasteiger partial charge in [0.15, 0.2) is 5.82 Å². The van der Waals surface area contributed by atoms with Gasteiger partial charge in [-0.1, -0.05) is 146 Å². The Morgan fingerprint density at radius 2 is 0.734 bits per heavy atom. The molecule has 0 amide bonds. The van der Waals surface area contributed by atoms with Gasteiger partial charge in [-0.05, 0) is 60.7 Å². The van der Waals surface area contributed by atoms with Gasteiger partial charge in [0.2, 0.25) is 0 Å². The maximum Gasteiger partial charge on any atom is 0.160 e. The van der Waals surface area contributed by atoms with Crippen LogP contribution in [0.5, 0.6) is 0 Å². The first-order valence-electron chi connectivity index (χ1n) is 21.6. The Labute approximate surface area is 375 Å². The second-order valence-electron chi connectivity index (χ2n) is 16.5. The zero-order chi connectivity index (χ0) is 41.9. The summed E-state index contributed by atoms with van der Waals surface area (Å²) in [5.74, 6) is 0.669. The summed E-state index contributed by atoms with van der Waals surface area (Å²) in [6, 6.07) is 74.7. The van der Waals surface area contributed by atoms with Gasteiger partial charge in [0.05, 0.1) is 33.5 Å². The van der Waals surface area contributed by atoms with Crippen LogP contribution in [0.1, 0.15) is 0 Å². The topological polar surface area (TPSA) is 35.6 Å². The van der Waals surface area contributed by atoms with Crippen LogP contribution >= 0.6 is 22.7 Å². The molecule has 14 rings (SSSR count). The van der Waals surface area contributed by atoms with Crippen molar-refractivity contribution in [3.05, 3.63) is 206 Å². The number of rotatable bonds is 5. The molecular formula is C58H34N4S2. The fourth-order valence-corrected chi connectivity index (χ4v) is 12.4. The van der Waals surface area contributed by atoms with Crippen LogP contribution < -0.4 is 0 Å². The van der Waals surface area contributed by atoms with Crippen molar-refractivity contribution < 1.29 is 0 Å². The number of fused-ring (bicyclic) bond motifs is 14. The zero-order valence-electron chi connectivity index (χ0n) is 34.2. The van der Waals surface area contributed by atoms with Crippen LogP contribution in [0.2, 0.25) is 0 Å². The second-order valence-corrected chi connectivity index (χ2v) is 18.7. The molecule has 0 bridgehead atoms. The van der Waals surface area contributed by atoms with E-state index in [1.807, 2.05) is 22.7 Å². The number of nitrogens with zero attached hydrogens (tertiary/aromatic N) is 4. The molecule has 0 N–H and O–H groups in total. The highest BCUT2D eigenvalue weighted by Crippen LogP contribution is 2.46. The Hall–Kier alpha value is -7.90. The molecular weight excluding hydrogens is 817 g/mol. The summed E-state index contributed by atoms with van der Waals surface area (Å²) in [6.45, 7) is 0. The Morgan fingerprint density at radius 3 is 1.22 bits per heavy atom. The molecule has 0 unspecified atom stereocenters. The number of aromatic nitrogens is 4. The van der Waals surface area contributed by atoms with E-state index in [0.29, 0.717) is 5.82 Å². The van der Waals surface area contributed by atoms with Gasteiger partial charge in [-0.15, -0.1) is 22.7 Å². The number of para-hydroxylation sites is 2. The van der Waals surface area contributed by atoms with Crippen molar-refractivity contribution in [1.82, 2.24) is 19.1 Å². The average Bonchev–Trinajstić information content (AvgIpc) is 4.12. The van der Waals surface area contributed by atoms with Crippen LogP contribution in [0.3, 0.4) is 0 Å². The first-order chi connectivity index (χ1) is 31.7. The van der Waals surface area contributed by atoms with E-state index in [9.17, 15) is 0 Å². The van der Waals surface area contributed by atoms with E-state index in [-0.39, 0.29) is 0 Å². The summed E-state index contributed by atoms with van der Waals surface area (Å²) in [6.07, 6.45) is 0. The highest BCUT2D eigenvalue weighted by Gasteiger charge is 2.23. The minimum Gasteiger partial charge on any atom is -0.308 e. The third-order valence-corrected chi connectivity index (χ3v) is 15.2. The van der Waals surface area contributed by atoms with Gasteiger partial charge in [-0.2, -0.15) is 0 Å². The lowest BCUT2D eigenvalue weighted by Crippen LogP contribution is -2.02. The van der Waals surface area contributed by atoms with Crippen LogP contribution in [0.15, 0.2) is 206 Å². The maximum atomic E-state index is 5.43. The monoisotopic (exact) mass is 850 g/mol. The molecule has 6 heteroatoms. The molecule has 0 atom stereocenters. The van der Waals surface area contributed by atoms with Crippen molar-refractivity contribution in [2.45, 2.75) is 0 Å². The molecule has 9 aromatic carbocycles. The van der Waals surface area contributed by atoms with Crippen LogP contribution in [0.25, 0.3) is 129 Å². The molecule has 0 saturated carbocycles. The molecule has 0 aliphatic carbocycles. The van der Waals surface area contributed by atoms with Gasteiger partial charge >= 0.3 is 0 Å². The van der Waals surface area contributed by atoms with E-state index < -0.39 is 0 Å². The van der Waals surface area contributed by atoms with Gasteiger partial charge < -0.3 is 9.13 Å². The van der Waals surface area contributed by atoms with E-state index in [2.05, 4.69) is 215 Å². The number of hydrogen-bond acceptors (Lipinski definition) is 4. The largest absolute Gasteiger partial charge is 0.308 e. The Morgan fingerprint density at radius 1 is 0.312 bits per heavy atom. The molecule has 0 aliphatic rings. The normalized spacial score (nSPS) is 12.1. The molecule has 5 heterocycles. The van der Waals surface area contributed by atoms with E-state index in [1.54, 1.807) is 0 Å². The van der Waals surface area contributed by atoms with Gasteiger partial charge in [-0.3, -0.25) is 0 Å². The summed E-state index contributed by atoms with van der Waals surface area (Å²) in [5, 5.41) is 10.0. The summed E-state index contributed by atoms with van der Waals surface area (Å²) in [4.78, 5) is 10.9. The number of benzene rings is 9. The van der Waals surface area contributed by atoms with Crippen molar-refractivity contribution in [3.63, 3.8) is 0 Å². The second kappa shape index (κ2) is 13.8. The first kappa shape index (κ1) is 35.7. The van der Waals surface area contributed by atoms with E-state index >= 15 is 0 Å². The molecule has 0 fully saturated rings. The molecule has 0 spiro atoms. The van der Waals surface area contributed by atoms with Gasteiger partial charge in [0.1, 0.15) is 0 Å². The third kappa shape index (κ3) is 5.27. The lowest BCUT2D eigenvalue weighted by molar-refractivity contribution is 1.13. The minimum atomic E-state index is 0.669. The molecule has 64 heavy (non-hydrogen) atoms. The van der Waals surface area contributed by atoms with Crippen LogP contribution in [0, 0.1) is 0 Å².